The Morgan fingerprint density at radius 1 is 1.33 bits per heavy atom. The van der Waals surface area contributed by atoms with Crippen LogP contribution >= 0.6 is 0 Å². The number of pyridine rings is 1. The summed E-state index contributed by atoms with van der Waals surface area (Å²) in [5.41, 5.74) is 1.94. The zero-order valence-electron chi connectivity index (χ0n) is 11.8. The maximum atomic E-state index is 9.31. The monoisotopic (exact) mass is 248 g/mol. The number of rotatable bonds is 2. The number of aryl methyl sites for hydroxylation is 1. The van der Waals surface area contributed by atoms with Gasteiger partial charge in [0.25, 0.3) is 0 Å². The predicted octanol–water partition coefficient (Wildman–Crippen LogP) is 2.75. The fourth-order valence-corrected chi connectivity index (χ4v) is 2.98. The van der Waals surface area contributed by atoms with Gasteiger partial charge in [0.05, 0.1) is 6.61 Å². The Morgan fingerprint density at radius 2 is 2.06 bits per heavy atom. The van der Waals surface area contributed by atoms with Gasteiger partial charge in [-0.15, -0.1) is 0 Å². The first kappa shape index (κ1) is 13.3. The fraction of sp³-hybridized carbons (Fsp3) is 0.667. The lowest BCUT2D eigenvalue weighted by Crippen LogP contribution is -2.46. The standard InChI is InChI=1S/C15H24N2O/c1-10-5-11(2)13(4)17(8-10)15-7-14(9-18)6-12(3)16-15/h6-7,10-11,13,18H,5,8-9H2,1-4H3. The first-order valence-electron chi connectivity index (χ1n) is 6.86. The Morgan fingerprint density at radius 3 is 2.72 bits per heavy atom. The zero-order valence-corrected chi connectivity index (χ0v) is 11.8. The molecule has 18 heavy (non-hydrogen) atoms. The van der Waals surface area contributed by atoms with Crippen molar-refractivity contribution in [2.45, 2.75) is 46.8 Å². The van der Waals surface area contributed by atoms with Crippen molar-refractivity contribution in [3.8, 4) is 0 Å². The summed E-state index contributed by atoms with van der Waals surface area (Å²) in [4.78, 5) is 7.03. The van der Waals surface area contributed by atoms with Gasteiger partial charge in [-0.25, -0.2) is 4.98 Å². The molecule has 2 rings (SSSR count). The van der Waals surface area contributed by atoms with E-state index in [-0.39, 0.29) is 6.61 Å². The summed E-state index contributed by atoms with van der Waals surface area (Å²) < 4.78 is 0. The van der Waals surface area contributed by atoms with E-state index in [1.807, 2.05) is 19.1 Å². The minimum absolute atomic E-state index is 0.0870. The number of anilines is 1. The smallest absolute Gasteiger partial charge is 0.129 e. The van der Waals surface area contributed by atoms with Gasteiger partial charge < -0.3 is 10.0 Å². The number of nitrogens with zero attached hydrogens (tertiary/aromatic N) is 2. The van der Waals surface area contributed by atoms with Crippen LogP contribution in [-0.2, 0) is 6.61 Å². The number of hydrogen-bond donors (Lipinski definition) is 1. The highest BCUT2D eigenvalue weighted by atomic mass is 16.3. The summed E-state index contributed by atoms with van der Waals surface area (Å²) in [7, 11) is 0. The van der Waals surface area contributed by atoms with Gasteiger partial charge in [0, 0.05) is 18.3 Å². The van der Waals surface area contributed by atoms with Gasteiger partial charge >= 0.3 is 0 Å². The van der Waals surface area contributed by atoms with E-state index in [1.54, 1.807) is 0 Å². The van der Waals surface area contributed by atoms with Crippen LogP contribution in [0.2, 0.25) is 0 Å². The normalized spacial score (nSPS) is 28.5. The molecule has 3 heteroatoms. The fourth-order valence-electron chi connectivity index (χ4n) is 2.98. The van der Waals surface area contributed by atoms with Crippen molar-refractivity contribution in [2.75, 3.05) is 11.4 Å². The third kappa shape index (κ3) is 2.66. The Balaban J connectivity index is 2.31. The first-order valence-corrected chi connectivity index (χ1v) is 6.86. The second kappa shape index (κ2) is 5.27. The van der Waals surface area contributed by atoms with E-state index in [1.165, 1.54) is 6.42 Å². The molecule has 2 heterocycles. The van der Waals surface area contributed by atoms with E-state index >= 15 is 0 Å². The average Bonchev–Trinajstić information content (AvgIpc) is 2.32. The highest BCUT2D eigenvalue weighted by Crippen LogP contribution is 2.30. The van der Waals surface area contributed by atoms with E-state index in [2.05, 4.69) is 30.7 Å². The lowest BCUT2D eigenvalue weighted by Gasteiger charge is -2.42. The maximum absolute atomic E-state index is 9.31. The van der Waals surface area contributed by atoms with Crippen LogP contribution in [-0.4, -0.2) is 22.7 Å². The Kier molecular flexibility index (Phi) is 3.91. The van der Waals surface area contributed by atoms with Crippen LogP contribution in [0.1, 0.15) is 38.4 Å². The van der Waals surface area contributed by atoms with Gasteiger partial charge in [-0.1, -0.05) is 13.8 Å². The highest BCUT2D eigenvalue weighted by molar-refractivity contribution is 5.44. The molecule has 0 aromatic carbocycles. The highest BCUT2D eigenvalue weighted by Gasteiger charge is 2.29. The Bertz CT molecular complexity index is 419. The van der Waals surface area contributed by atoms with Crippen molar-refractivity contribution in [2.24, 2.45) is 11.8 Å². The molecule has 1 aliphatic heterocycles. The lowest BCUT2D eigenvalue weighted by atomic mass is 9.86. The third-order valence-corrected chi connectivity index (χ3v) is 4.07. The summed E-state index contributed by atoms with van der Waals surface area (Å²) >= 11 is 0. The van der Waals surface area contributed by atoms with Crippen molar-refractivity contribution < 1.29 is 5.11 Å². The molecule has 1 aromatic heterocycles. The van der Waals surface area contributed by atoms with Gasteiger partial charge in [0.15, 0.2) is 0 Å². The largest absolute Gasteiger partial charge is 0.392 e. The molecule has 0 bridgehead atoms. The topological polar surface area (TPSA) is 36.4 Å². The first-order chi connectivity index (χ1) is 8.51. The zero-order chi connectivity index (χ0) is 13.3. The lowest BCUT2D eigenvalue weighted by molar-refractivity contribution is 0.280. The van der Waals surface area contributed by atoms with E-state index in [4.69, 9.17) is 0 Å². The molecule has 0 aliphatic carbocycles. The maximum Gasteiger partial charge on any atom is 0.129 e. The summed E-state index contributed by atoms with van der Waals surface area (Å²) in [5, 5.41) is 9.31. The second-order valence-corrected chi connectivity index (χ2v) is 5.84. The summed E-state index contributed by atoms with van der Waals surface area (Å²) in [6.07, 6.45) is 1.29. The Labute approximate surface area is 110 Å². The molecule has 3 unspecified atom stereocenters. The van der Waals surface area contributed by atoms with Crippen LogP contribution < -0.4 is 4.90 Å². The van der Waals surface area contributed by atoms with Crippen molar-refractivity contribution in [3.05, 3.63) is 23.4 Å². The molecule has 1 aliphatic rings. The Hall–Kier alpha value is -1.09. The van der Waals surface area contributed by atoms with E-state index in [0.29, 0.717) is 17.9 Å². The molecule has 3 nitrogen and oxygen atoms in total. The minimum Gasteiger partial charge on any atom is -0.392 e. The number of aromatic nitrogens is 1. The molecule has 3 atom stereocenters. The quantitative estimate of drug-likeness (QED) is 0.874. The summed E-state index contributed by atoms with van der Waals surface area (Å²) in [6.45, 7) is 10.0. The van der Waals surface area contributed by atoms with Crippen molar-refractivity contribution >= 4 is 5.82 Å². The molecule has 0 spiro atoms. The van der Waals surface area contributed by atoms with Crippen LogP contribution in [0, 0.1) is 18.8 Å². The van der Waals surface area contributed by atoms with Gasteiger partial charge in [-0.3, -0.25) is 0 Å². The van der Waals surface area contributed by atoms with Crippen LogP contribution in [0.5, 0.6) is 0 Å². The summed E-state index contributed by atoms with van der Waals surface area (Å²) in [6, 6.07) is 4.49. The SMILES string of the molecule is Cc1cc(CO)cc(N2CC(C)CC(C)C2C)n1. The number of hydrogen-bond acceptors (Lipinski definition) is 3. The molecule has 100 valence electrons. The number of aliphatic hydroxyl groups is 1. The van der Waals surface area contributed by atoms with Crippen LogP contribution in [0.4, 0.5) is 5.82 Å². The molecule has 0 amide bonds. The molecule has 1 aromatic rings. The molecule has 1 saturated heterocycles. The molecule has 0 saturated carbocycles. The van der Waals surface area contributed by atoms with E-state index in [0.717, 1.165) is 23.6 Å². The van der Waals surface area contributed by atoms with Gasteiger partial charge in [-0.2, -0.15) is 0 Å². The van der Waals surface area contributed by atoms with E-state index in [9.17, 15) is 5.11 Å². The number of aliphatic hydroxyl groups excluding tert-OH is 1. The van der Waals surface area contributed by atoms with Crippen LogP contribution in [0.25, 0.3) is 0 Å². The molecular weight excluding hydrogens is 224 g/mol. The molecule has 1 fully saturated rings. The number of piperidine rings is 1. The predicted molar refractivity (Wildman–Crippen MR) is 74.6 cm³/mol. The van der Waals surface area contributed by atoms with Crippen LogP contribution in [0.3, 0.4) is 0 Å². The van der Waals surface area contributed by atoms with Crippen LogP contribution in [0.15, 0.2) is 12.1 Å². The minimum atomic E-state index is 0.0870. The third-order valence-electron chi connectivity index (χ3n) is 4.07. The van der Waals surface area contributed by atoms with Crippen molar-refractivity contribution in [1.82, 2.24) is 4.98 Å². The van der Waals surface area contributed by atoms with Gasteiger partial charge in [0.1, 0.15) is 5.82 Å². The van der Waals surface area contributed by atoms with E-state index < -0.39 is 0 Å². The molecular formula is C15H24N2O. The van der Waals surface area contributed by atoms with Gasteiger partial charge in [0.2, 0.25) is 0 Å². The summed E-state index contributed by atoms with van der Waals surface area (Å²) in [5.74, 6) is 2.41. The second-order valence-electron chi connectivity index (χ2n) is 5.84. The van der Waals surface area contributed by atoms with Crippen molar-refractivity contribution in [3.63, 3.8) is 0 Å². The molecule has 0 radical (unpaired) electrons. The van der Waals surface area contributed by atoms with Gasteiger partial charge in [-0.05, 0) is 49.8 Å². The molecule has 1 N–H and O–H groups in total. The average molecular weight is 248 g/mol. The van der Waals surface area contributed by atoms with Crippen molar-refractivity contribution in [1.29, 1.82) is 0 Å².